The van der Waals surface area contributed by atoms with E-state index in [-0.39, 0.29) is 26.9 Å². The highest BCUT2D eigenvalue weighted by Gasteiger charge is 2.24. The summed E-state index contributed by atoms with van der Waals surface area (Å²) in [7, 11) is 1.13. The second kappa shape index (κ2) is 9.32. The SMILES string of the molecule is COc1cc(/C=C(\C#N)C(=O)c2c(Cl)cccc2Cl)c([N+](=O)[O-])cc1OC(F)F. The lowest BCUT2D eigenvalue weighted by atomic mass is 10.0. The van der Waals surface area contributed by atoms with Crippen LogP contribution in [0.1, 0.15) is 15.9 Å². The van der Waals surface area contributed by atoms with Crippen molar-refractivity contribution in [1.82, 2.24) is 0 Å². The third-order valence-corrected chi connectivity index (χ3v) is 4.21. The average molecular weight is 443 g/mol. The number of hydrogen-bond donors (Lipinski definition) is 0. The number of nitro benzene ring substituents is 1. The molecule has 2 aromatic carbocycles. The summed E-state index contributed by atoms with van der Waals surface area (Å²) >= 11 is 11.9. The minimum absolute atomic E-state index is 0.0172. The van der Waals surface area contributed by atoms with Crippen LogP contribution in [0.15, 0.2) is 35.9 Å². The fourth-order valence-corrected chi connectivity index (χ4v) is 2.91. The molecule has 0 aliphatic rings. The Hall–Kier alpha value is -3.22. The van der Waals surface area contributed by atoms with Crippen molar-refractivity contribution in [3.63, 3.8) is 0 Å². The van der Waals surface area contributed by atoms with Gasteiger partial charge in [-0.25, -0.2) is 0 Å². The van der Waals surface area contributed by atoms with Crippen molar-refractivity contribution in [2.45, 2.75) is 6.61 Å². The van der Waals surface area contributed by atoms with E-state index in [9.17, 15) is 29.0 Å². The maximum atomic E-state index is 12.7. The van der Waals surface area contributed by atoms with E-state index < -0.39 is 34.3 Å². The molecule has 0 unspecified atom stereocenters. The fraction of sp³-hybridized carbons (Fsp3) is 0.111. The topological polar surface area (TPSA) is 102 Å². The molecule has 0 aliphatic heterocycles. The first-order chi connectivity index (χ1) is 13.7. The van der Waals surface area contributed by atoms with Crippen molar-refractivity contribution < 1.29 is 28.0 Å². The third-order valence-electron chi connectivity index (χ3n) is 3.58. The Balaban J connectivity index is 2.65. The number of rotatable bonds is 7. The molecule has 0 atom stereocenters. The monoisotopic (exact) mass is 442 g/mol. The lowest BCUT2D eigenvalue weighted by molar-refractivity contribution is -0.385. The highest BCUT2D eigenvalue weighted by atomic mass is 35.5. The molecular weight excluding hydrogens is 433 g/mol. The molecule has 2 aromatic rings. The van der Waals surface area contributed by atoms with Crippen LogP contribution < -0.4 is 9.47 Å². The molecule has 0 amide bonds. The minimum atomic E-state index is -3.25. The zero-order chi connectivity index (χ0) is 21.7. The number of nitriles is 1. The number of Topliss-reactive ketones (excluding diaryl/α,β-unsaturated/α-hetero) is 1. The van der Waals surface area contributed by atoms with E-state index in [0.717, 1.165) is 19.3 Å². The van der Waals surface area contributed by atoms with Crippen LogP contribution in [0.3, 0.4) is 0 Å². The molecule has 0 saturated carbocycles. The summed E-state index contributed by atoms with van der Waals surface area (Å²) in [5.41, 5.74) is -1.61. The lowest BCUT2D eigenvalue weighted by Crippen LogP contribution is -2.06. The van der Waals surface area contributed by atoms with E-state index in [1.165, 1.54) is 18.2 Å². The maximum Gasteiger partial charge on any atom is 0.387 e. The second-order valence-electron chi connectivity index (χ2n) is 5.29. The highest BCUT2D eigenvalue weighted by Crippen LogP contribution is 2.37. The van der Waals surface area contributed by atoms with Gasteiger partial charge in [0.2, 0.25) is 5.78 Å². The Morgan fingerprint density at radius 2 is 1.90 bits per heavy atom. The molecule has 0 heterocycles. The van der Waals surface area contributed by atoms with Gasteiger partial charge in [-0.15, -0.1) is 0 Å². The molecule has 0 N–H and O–H groups in total. The maximum absolute atomic E-state index is 12.7. The molecular formula is C18H10Cl2F2N2O5. The summed E-state index contributed by atoms with van der Waals surface area (Å²) < 4.78 is 34.2. The van der Waals surface area contributed by atoms with Crippen molar-refractivity contribution in [2.24, 2.45) is 0 Å². The van der Waals surface area contributed by atoms with Gasteiger partial charge in [-0.2, -0.15) is 14.0 Å². The summed E-state index contributed by atoms with van der Waals surface area (Å²) in [6.45, 7) is -3.25. The van der Waals surface area contributed by atoms with E-state index in [0.29, 0.717) is 6.07 Å². The third kappa shape index (κ3) is 4.99. The highest BCUT2D eigenvalue weighted by molar-refractivity contribution is 6.41. The zero-order valence-electron chi connectivity index (χ0n) is 14.5. The van der Waals surface area contributed by atoms with Crippen LogP contribution in [0.25, 0.3) is 6.08 Å². The molecule has 0 aliphatic carbocycles. The van der Waals surface area contributed by atoms with Crippen LogP contribution in [0.5, 0.6) is 11.5 Å². The zero-order valence-corrected chi connectivity index (χ0v) is 16.0. The van der Waals surface area contributed by atoms with Gasteiger partial charge in [0.1, 0.15) is 11.6 Å². The van der Waals surface area contributed by atoms with Gasteiger partial charge in [0.05, 0.1) is 39.3 Å². The first-order valence-electron chi connectivity index (χ1n) is 7.61. The standard InChI is InChI=1S/C18H10Cl2F2N2O5/c1-28-14-6-9(13(24(26)27)7-15(14)29-18(21)22)5-10(8-23)17(25)16-11(19)3-2-4-12(16)20/h2-7,18H,1H3/b10-5+. The number of hydrogen-bond acceptors (Lipinski definition) is 6. The normalized spacial score (nSPS) is 11.1. The van der Waals surface area contributed by atoms with Gasteiger partial charge in [0.15, 0.2) is 11.5 Å². The number of ketones is 1. The molecule has 150 valence electrons. The van der Waals surface area contributed by atoms with Gasteiger partial charge in [0.25, 0.3) is 5.69 Å². The van der Waals surface area contributed by atoms with Crippen LogP contribution in [0.2, 0.25) is 10.0 Å². The van der Waals surface area contributed by atoms with Crippen LogP contribution in [0, 0.1) is 21.4 Å². The smallest absolute Gasteiger partial charge is 0.387 e. The van der Waals surface area contributed by atoms with Crippen molar-refractivity contribution in [3.05, 3.63) is 67.2 Å². The van der Waals surface area contributed by atoms with Crippen LogP contribution >= 0.6 is 23.2 Å². The van der Waals surface area contributed by atoms with Crippen molar-refractivity contribution in [3.8, 4) is 17.6 Å². The Morgan fingerprint density at radius 3 is 2.38 bits per heavy atom. The molecule has 0 bridgehead atoms. The van der Waals surface area contributed by atoms with E-state index in [4.69, 9.17) is 27.9 Å². The van der Waals surface area contributed by atoms with Crippen molar-refractivity contribution in [2.75, 3.05) is 7.11 Å². The fourth-order valence-electron chi connectivity index (χ4n) is 2.34. The van der Waals surface area contributed by atoms with Gasteiger partial charge in [-0.05, 0) is 24.3 Å². The number of nitrogens with zero attached hydrogens (tertiary/aromatic N) is 2. The minimum Gasteiger partial charge on any atom is -0.493 e. The number of carbonyl (C=O) groups excluding carboxylic acids is 1. The largest absolute Gasteiger partial charge is 0.493 e. The lowest BCUT2D eigenvalue weighted by Gasteiger charge is -2.11. The number of ether oxygens (including phenoxy) is 2. The van der Waals surface area contributed by atoms with E-state index in [2.05, 4.69) is 4.74 Å². The Morgan fingerprint density at radius 1 is 1.28 bits per heavy atom. The van der Waals surface area contributed by atoms with Gasteiger partial charge in [-0.1, -0.05) is 29.3 Å². The first-order valence-corrected chi connectivity index (χ1v) is 8.37. The van der Waals surface area contributed by atoms with E-state index >= 15 is 0 Å². The Bertz CT molecular complexity index is 1030. The predicted molar refractivity (Wildman–Crippen MR) is 101 cm³/mol. The molecule has 0 saturated heterocycles. The second-order valence-corrected chi connectivity index (χ2v) is 6.11. The van der Waals surface area contributed by atoms with Crippen LogP contribution in [0.4, 0.5) is 14.5 Å². The summed E-state index contributed by atoms with van der Waals surface area (Å²) in [5, 5.41) is 20.7. The van der Waals surface area contributed by atoms with Crippen molar-refractivity contribution >= 4 is 40.7 Å². The number of halogens is 4. The summed E-state index contributed by atoms with van der Waals surface area (Å²) in [6, 6.07) is 7.60. The molecule has 0 radical (unpaired) electrons. The summed E-state index contributed by atoms with van der Waals surface area (Å²) in [4.78, 5) is 23.2. The van der Waals surface area contributed by atoms with Crippen LogP contribution in [-0.2, 0) is 0 Å². The number of alkyl halides is 2. The molecule has 2 rings (SSSR count). The molecule has 11 heteroatoms. The number of methoxy groups -OCH3 is 1. The molecule has 29 heavy (non-hydrogen) atoms. The molecule has 0 fully saturated rings. The Kier molecular flexibility index (Phi) is 7.09. The van der Waals surface area contributed by atoms with Gasteiger partial charge in [-0.3, -0.25) is 14.9 Å². The van der Waals surface area contributed by atoms with Gasteiger partial charge < -0.3 is 9.47 Å². The van der Waals surface area contributed by atoms with E-state index in [1.54, 1.807) is 6.07 Å². The Labute approximate surface area is 172 Å². The first kappa shape index (κ1) is 22.1. The number of allylic oxidation sites excluding steroid dienone is 1. The van der Waals surface area contributed by atoms with Gasteiger partial charge >= 0.3 is 6.61 Å². The quantitative estimate of drug-likeness (QED) is 0.189. The van der Waals surface area contributed by atoms with Crippen LogP contribution in [-0.4, -0.2) is 24.4 Å². The summed E-state index contributed by atoms with van der Waals surface area (Å²) in [5.74, 6) is -1.71. The van der Waals surface area contributed by atoms with Crippen molar-refractivity contribution in [1.29, 1.82) is 5.26 Å². The van der Waals surface area contributed by atoms with E-state index in [1.807, 2.05) is 0 Å². The predicted octanol–water partition coefficient (Wildman–Crippen LogP) is 5.30. The molecule has 7 nitrogen and oxygen atoms in total. The number of nitro groups is 1. The average Bonchev–Trinajstić information content (AvgIpc) is 2.65. The number of carbonyl (C=O) groups is 1. The van der Waals surface area contributed by atoms with Gasteiger partial charge in [0, 0.05) is 0 Å². The molecule has 0 spiro atoms. The summed E-state index contributed by atoms with van der Waals surface area (Å²) in [6.07, 6.45) is 0.912. The number of benzene rings is 2. The molecule has 0 aromatic heterocycles.